The van der Waals surface area contributed by atoms with E-state index in [4.69, 9.17) is 34.9 Å². The van der Waals surface area contributed by atoms with Gasteiger partial charge in [0.15, 0.2) is 0 Å². The van der Waals surface area contributed by atoms with Crippen LogP contribution in [-0.4, -0.2) is 57.5 Å². The molecule has 12 heterocycles. The molecule has 0 bridgehead atoms. The first-order valence-electron chi connectivity index (χ1n) is 38.9. The molecule has 12 aromatic heterocycles. The Morgan fingerprint density at radius 1 is 0.305 bits per heavy atom. The van der Waals surface area contributed by atoms with Crippen LogP contribution in [0.1, 0.15) is 64.3 Å². The fourth-order valence-electron chi connectivity index (χ4n) is 17.5. The van der Waals surface area contributed by atoms with E-state index in [9.17, 15) is 0 Å². The van der Waals surface area contributed by atoms with Crippen LogP contribution >= 0.6 is 0 Å². The summed E-state index contributed by atoms with van der Waals surface area (Å²) in [4.78, 5) is 39.2. The van der Waals surface area contributed by atoms with E-state index in [1.807, 2.05) is 75.4 Å². The second-order valence-electron chi connectivity index (χ2n) is 30.7. The summed E-state index contributed by atoms with van der Waals surface area (Å²) in [7, 11) is 0. The van der Waals surface area contributed by atoms with Gasteiger partial charge >= 0.3 is 0 Å². The van der Waals surface area contributed by atoms with Gasteiger partial charge in [-0.05, 0) is 236 Å². The first-order valence-corrected chi connectivity index (χ1v) is 38.9. The Morgan fingerprint density at radius 3 is 1.06 bits per heavy atom. The number of para-hydroxylation sites is 8. The quantitative estimate of drug-likeness (QED) is 0.123. The van der Waals surface area contributed by atoms with E-state index >= 15 is 0 Å². The van der Waals surface area contributed by atoms with Crippen LogP contribution in [0.4, 0.5) is 0 Å². The number of nitrogens with zero attached hydrogens (tertiary/aromatic N) is 12. The SMILES string of the molecule is Cc1c[c-]c2c(n1)c1c(-c3c(C)cccc3C)cccc1n1c3ccccc3nc21.Cc1c[c-]c2c(n1)c1c(-c3ccc(CC(C)C)cc3)cccc1n1c3ccccc3nc21.Cc1cc(C)cc(-c2cccc3c2c2nc(C)c[c-]c2c2nc4ccccc4n32)c1.Cc1cccc2c1c1ncc[c-]c1c1nc3ccccc3n21.[Ir].[Ir].[Ir].[Ir]. The van der Waals surface area contributed by atoms with Crippen LogP contribution in [0.15, 0.2) is 261 Å². The van der Waals surface area contributed by atoms with E-state index in [0.29, 0.717) is 5.92 Å². The van der Waals surface area contributed by atoms with Crippen LogP contribution < -0.4 is 0 Å². The molecule has 0 fully saturated rings. The van der Waals surface area contributed by atoms with Crippen LogP contribution in [0.25, 0.3) is 187 Å². The van der Waals surface area contributed by atoms with Crippen molar-refractivity contribution >= 4 is 154 Å². The molecule has 11 aromatic carbocycles. The Hall–Kier alpha value is -11.5. The molecule has 16 heteroatoms. The van der Waals surface area contributed by atoms with Crippen molar-refractivity contribution in [2.24, 2.45) is 5.92 Å². The minimum atomic E-state index is 0. The molecule has 584 valence electrons. The molecular weight excluding hydrogens is 2160 g/mol. The monoisotopic (exact) mass is 2240 g/mol. The molecule has 0 spiro atoms. The predicted molar refractivity (Wildman–Crippen MR) is 470 cm³/mol. The number of fused-ring (bicyclic) bond motifs is 32. The number of imidazole rings is 4. The normalized spacial score (nSPS) is 11.5. The molecule has 0 aliphatic heterocycles. The van der Waals surface area contributed by atoms with Crippen LogP contribution in [0.5, 0.6) is 0 Å². The third-order valence-electron chi connectivity index (χ3n) is 22.2. The summed E-state index contributed by atoms with van der Waals surface area (Å²) in [6, 6.07) is 103. The third-order valence-corrected chi connectivity index (χ3v) is 22.2. The average molecular weight is 2240 g/mol. The van der Waals surface area contributed by atoms with Gasteiger partial charge in [-0.1, -0.05) is 231 Å². The molecular formula is C102H76Ir4N12-4. The van der Waals surface area contributed by atoms with Crippen molar-refractivity contribution in [1.82, 2.24) is 57.5 Å². The Morgan fingerprint density at radius 2 is 0.644 bits per heavy atom. The standard InChI is InChI=1S/C29H24N3.2C27H20N3.C19H12N3.4Ir/c1-18(2)17-20-12-14-21(15-13-20)22-7-6-10-26-27(22)28-23(16-11-19(3)30-28)29-31-24-8-4-5-9-25(24)32(26)29;1-16-8-6-9-17(2)24(16)19-10-7-13-23-25(19)26-20(15-14-18(3)28-26)27-29-21-11-4-5-12-22(21)30(23)27;1-16-13-17(2)15-19(14-16)20-7-6-10-24-25(20)26-21(12-11-18(3)28-26)27-29-22-8-4-5-9-23(22)30(24)27;1-12-6-4-10-16-17(12)18-13(7-5-11-20-18)19-21-14-8-2-3-9-15(14)22(16)19;;;;/h4-15,18H,17H2,1-3H3;4-14H,1-3H3;4-11,13-15H,1-3H3;2-6,8-11H,1H3;;;;/q4*-1;;;;. The molecule has 0 aliphatic carbocycles. The fourth-order valence-corrected chi connectivity index (χ4v) is 17.5. The Labute approximate surface area is 735 Å². The van der Waals surface area contributed by atoms with Crippen LogP contribution in [-0.2, 0) is 86.8 Å². The van der Waals surface area contributed by atoms with E-state index < -0.39 is 0 Å². The topological polar surface area (TPSA) is 121 Å². The van der Waals surface area contributed by atoms with Crippen molar-refractivity contribution in [1.29, 1.82) is 0 Å². The molecule has 0 amide bonds. The van der Waals surface area contributed by atoms with Crippen molar-refractivity contribution in [3.8, 4) is 33.4 Å². The van der Waals surface area contributed by atoms with Gasteiger partial charge in [0, 0.05) is 102 Å². The number of aryl methyl sites for hydroxylation is 8. The zero-order chi connectivity index (χ0) is 77.3. The van der Waals surface area contributed by atoms with Gasteiger partial charge in [0.1, 0.15) is 0 Å². The molecule has 23 aromatic rings. The summed E-state index contributed by atoms with van der Waals surface area (Å²) in [6.45, 7) is 21.4. The number of pyridine rings is 8. The van der Waals surface area contributed by atoms with Crippen LogP contribution in [0, 0.1) is 85.6 Å². The van der Waals surface area contributed by atoms with Gasteiger partial charge in [0.25, 0.3) is 0 Å². The molecule has 0 unspecified atom stereocenters. The van der Waals surface area contributed by atoms with E-state index in [1.165, 1.54) is 72.1 Å². The third kappa shape index (κ3) is 13.6. The van der Waals surface area contributed by atoms with Crippen molar-refractivity contribution in [3.05, 3.63) is 336 Å². The molecule has 0 saturated carbocycles. The van der Waals surface area contributed by atoms with Gasteiger partial charge in [0.2, 0.25) is 0 Å². The average Bonchev–Trinajstić information content (AvgIpc) is 1.49. The zero-order valence-corrected chi connectivity index (χ0v) is 75.9. The van der Waals surface area contributed by atoms with Gasteiger partial charge in [-0.25, -0.2) is 0 Å². The van der Waals surface area contributed by atoms with Crippen molar-refractivity contribution in [2.45, 2.75) is 75.7 Å². The maximum Gasteiger partial charge on any atom is 0.0774 e. The second-order valence-corrected chi connectivity index (χ2v) is 30.7. The summed E-state index contributed by atoms with van der Waals surface area (Å²) >= 11 is 0. The number of aromatic nitrogens is 12. The van der Waals surface area contributed by atoms with E-state index in [-0.39, 0.29) is 80.4 Å². The van der Waals surface area contributed by atoms with Crippen molar-refractivity contribution in [3.63, 3.8) is 0 Å². The molecule has 0 aliphatic rings. The minimum Gasteiger partial charge on any atom is -0.351 e. The fraction of sp³-hybridized carbons (Fsp3) is 0.118. The molecule has 23 rings (SSSR count). The van der Waals surface area contributed by atoms with E-state index in [0.717, 1.165) is 172 Å². The molecule has 12 nitrogen and oxygen atoms in total. The molecule has 0 N–H and O–H groups in total. The molecule has 4 radical (unpaired) electrons. The summed E-state index contributed by atoms with van der Waals surface area (Å²) in [5.41, 5.74) is 38.2. The minimum absolute atomic E-state index is 0. The number of rotatable bonds is 5. The maximum atomic E-state index is 4.99. The number of hydrogen-bond acceptors (Lipinski definition) is 8. The van der Waals surface area contributed by atoms with Gasteiger partial charge in [-0.3, -0.25) is 19.9 Å². The van der Waals surface area contributed by atoms with Crippen LogP contribution in [0.2, 0.25) is 0 Å². The first-order chi connectivity index (χ1) is 55.7. The summed E-state index contributed by atoms with van der Waals surface area (Å²) in [5.74, 6) is 0.646. The Kier molecular flexibility index (Phi) is 22.1. The van der Waals surface area contributed by atoms with Gasteiger partial charge < -0.3 is 37.5 Å². The number of benzene rings is 11. The summed E-state index contributed by atoms with van der Waals surface area (Å²) in [6.07, 6.45) is 2.89. The van der Waals surface area contributed by atoms with Gasteiger partial charge in [-0.2, -0.15) is 0 Å². The second kappa shape index (κ2) is 32.4. The van der Waals surface area contributed by atoms with Gasteiger partial charge in [-0.15, -0.1) is 48.5 Å². The molecule has 0 saturated heterocycles. The van der Waals surface area contributed by atoms with E-state index in [1.54, 1.807) is 6.20 Å². The Balaban J connectivity index is 0.000000117. The van der Waals surface area contributed by atoms with Gasteiger partial charge in [0.05, 0.1) is 66.7 Å². The van der Waals surface area contributed by atoms with E-state index in [2.05, 4.69) is 296 Å². The molecule has 118 heavy (non-hydrogen) atoms. The first kappa shape index (κ1) is 80.3. The van der Waals surface area contributed by atoms with Crippen molar-refractivity contribution in [2.75, 3.05) is 0 Å². The predicted octanol–water partition coefficient (Wildman–Crippen LogP) is 24.6. The number of hydrogen-bond donors (Lipinski definition) is 0. The summed E-state index contributed by atoms with van der Waals surface area (Å²) in [5, 5.41) is 8.47. The van der Waals surface area contributed by atoms with Crippen molar-refractivity contribution < 1.29 is 80.4 Å². The largest absolute Gasteiger partial charge is 0.351 e. The Bertz CT molecular complexity index is 7900. The zero-order valence-electron chi connectivity index (χ0n) is 66.3. The maximum absolute atomic E-state index is 4.99. The molecule has 0 atom stereocenters. The summed E-state index contributed by atoms with van der Waals surface area (Å²) < 4.78 is 9.00. The van der Waals surface area contributed by atoms with Crippen LogP contribution in [0.3, 0.4) is 0 Å². The smallest absolute Gasteiger partial charge is 0.0774 e.